The summed E-state index contributed by atoms with van der Waals surface area (Å²) in [5, 5.41) is 12.4. The largest absolute Gasteiger partial charge is 0.480 e. The number of carboxylic acids is 1. The lowest BCUT2D eigenvalue weighted by atomic mass is 9.91. The molecule has 6 nitrogen and oxygen atoms in total. The normalized spacial score (nSPS) is 33.2. The fourth-order valence-electron chi connectivity index (χ4n) is 2.66. The Morgan fingerprint density at radius 2 is 2.22 bits per heavy atom. The number of ether oxygens (including phenoxy) is 1. The third-order valence-electron chi connectivity index (χ3n) is 3.67. The summed E-state index contributed by atoms with van der Waals surface area (Å²) in [6.45, 7) is 3.78. The number of nitrogens with zero attached hydrogens (tertiary/aromatic N) is 1. The zero-order chi connectivity index (χ0) is 13.1. The third-order valence-corrected chi connectivity index (χ3v) is 3.67. The molecule has 18 heavy (non-hydrogen) atoms. The lowest BCUT2D eigenvalue weighted by molar-refractivity contribution is -0.160. The van der Waals surface area contributed by atoms with Crippen molar-refractivity contribution in [2.45, 2.75) is 31.8 Å². The van der Waals surface area contributed by atoms with Gasteiger partial charge in [0.1, 0.15) is 0 Å². The molecule has 2 fully saturated rings. The van der Waals surface area contributed by atoms with Crippen LogP contribution in [0.15, 0.2) is 0 Å². The van der Waals surface area contributed by atoms with Crippen molar-refractivity contribution in [1.29, 1.82) is 0 Å². The van der Waals surface area contributed by atoms with Crippen molar-refractivity contribution in [3.63, 3.8) is 0 Å². The molecule has 2 N–H and O–H groups in total. The first-order chi connectivity index (χ1) is 8.59. The number of carbonyl (C=O) groups is 2. The van der Waals surface area contributed by atoms with E-state index in [0.717, 1.165) is 19.4 Å². The van der Waals surface area contributed by atoms with Crippen LogP contribution in [0, 0.1) is 5.92 Å². The topological polar surface area (TPSA) is 78.9 Å². The Kier molecular flexibility index (Phi) is 4.19. The summed E-state index contributed by atoms with van der Waals surface area (Å²) in [5.41, 5.74) is 0. The summed E-state index contributed by atoms with van der Waals surface area (Å²) in [6.07, 6.45) is 1.56. The number of morpholine rings is 1. The van der Waals surface area contributed by atoms with E-state index in [1.54, 1.807) is 0 Å². The molecular formula is C12H20N2O4. The summed E-state index contributed by atoms with van der Waals surface area (Å²) in [6, 6.07) is -0.506. The average Bonchev–Trinajstić information content (AvgIpc) is 2.38. The second-order valence-corrected chi connectivity index (χ2v) is 5.04. The van der Waals surface area contributed by atoms with E-state index in [9.17, 15) is 9.59 Å². The van der Waals surface area contributed by atoms with Crippen LogP contribution in [0.25, 0.3) is 0 Å². The van der Waals surface area contributed by atoms with Crippen molar-refractivity contribution in [3.8, 4) is 0 Å². The first-order valence-corrected chi connectivity index (χ1v) is 6.44. The number of amides is 1. The minimum Gasteiger partial charge on any atom is -0.480 e. The molecule has 0 aliphatic carbocycles. The van der Waals surface area contributed by atoms with Crippen LogP contribution in [0.1, 0.15) is 19.8 Å². The quantitative estimate of drug-likeness (QED) is 0.708. The van der Waals surface area contributed by atoms with Gasteiger partial charge in [-0.25, -0.2) is 4.79 Å². The maximum Gasteiger partial charge on any atom is 0.328 e. The molecule has 6 heteroatoms. The van der Waals surface area contributed by atoms with Gasteiger partial charge in [-0.05, 0) is 26.3 Å². The van der Waals surface area contributed by atoms with Gasteiger partial charge in [-0.1, -0.05) is 0 Å². The lowest BCUT2D eigenvalue weighted by Gasteiger charge is -2.37. The second kappa shape index (κ2) is 5.67. The standard InChI is InChI=1S/C12H20N2O4/c1-8-6-9(2-3-13-8)11(15)14-4-5-18-7-10(14)12(16)17/h8-10,13H,2-7H2,1H3,(H,16,17). The Labute approximate surface area is 106 Å². The number of piperidine rings is 1. The fraction of sp³-hybridized carbons (Fsp3) is 0.833. The van der Waals surface area contributed by atoms with Crippen LogP contribution in [0.2, 0.25) is 0 Å². The third kappa shape index (κ3) is 2.81. The maximum atomic E-state index is 12.4. The van der Waals surface area contributed by atoms with Crippen molar-refractivity contribution in [1.82, 2.24) is 10.2 Å². The van der Waals surface area contributed by atoms with Gasteiger partial charge >= 0.3 is 5.97 Å². The van der Waals surface area contributed by atoms with Gasteiger partial charge < -0.3 is 20.1 Å². The van der Waals surface area contributed by atoms with Crippen molar-refractivity contribution in [2.24, 2.45) is 5.92 Å². The van der Waals surface area contributed by atoms with Crippen LogP contribution in [-0.2, 0) is 14.3 Å². The minimum atomic E-state index is -0.981. The molecule has 2 aliphatic heterocycles. The highest BCUT2D eigenvalue weighted by Gasteiger charge is 2.37. The van der Waals surface area contributed by atoms with E-state index in [1.165, 1.54) is 4.90 Å². The SMILES string of the molecule is CC1CC(C(=O)N2CCOCC2C(=O)O)CCN1. The van der Waals surface area contributed by atoms with Crippen molar-refractivity contribution in [2.75, 3.05) is 26.3 Å². The van der Waals surface area contributed by atoms with Crippen LogP contribution >= 0.6 is 0 Å². The lowest BCUT2D eigenvalue weighted by Crippen LogP contribution is -2.55. The predicted octanol–water partition coefficient (Wildman–Crippen LogP) is -0.313. The molecule has 0 aromatic heterocycles. The molecular weight excluding hydrogens is 236 g/mol. The first-order valence-electron chi connectivity index (χ1n) is 6.44. The summed E-state index contributed by atoms with van der Waals surface area (Å²) in [5.74, 6) is -1.06. The van der Waals surface area contributed by atoms with Gasteiger partial charge in [-0.2, -0.15) is 0 Å². The van der Waals surface area contributed by atoms with Crippen LogP contribution in [-0.4, -0.2) is 60.3 Å². The summed E-state index contributed by atoms with van der Waals surface area (Å²) >= 11 is 0. The van der Waals surface area contributed by atoms with Gasteiger partial charge in [0.25, 0.3) is 0 Å². The molecule has 3 unspecified atom stereocenters. The van der Waals surface area contributed by atoms with E-state index in [0.29, 0.717) is 19.2 Å². The van der Waals surface area contributed by atoms with E-state index in [-0.39, 0.29) is 18.4 Å². The number of aliphatic carboxylic acids is 1. The Balaban J connectivity index is 2.03. The number of rotatable bonds is 2. The van der Waals surface area contributed by atoms with Gasteiger partial charge in [0, 0.05) is 18.5 Å². The fourth-order valence-corrected chi connectivity index (χ4v) is 2.66. The van der Waals surface area contributed by atoms with Crippen LogP contribution in [0.4, 0.5) is 0 Å². The molecule has 0 saturated carbocycles. The molecule has 102 valence electrons. The molecule has 0 spiro atoms. The number of carboxylic acid groups (broad SMARTS) is 1. The predicted molar refractivity (Wildman–Crippen MR) is 64.1 cm³/mol. The summed E-state index contributed by atoms with van der Waals surface area (Å²) in [7, 11) is 0. The highest BCUT2D eigenvalue weighted by Crippen LogP contribution is 2.21. The average molecular weight is 256 g/mol. The van der Waals surface area contributed by atoms with Crippen molar-refractivity contribution >= 4 is 11.9 Å². The van der Waals surface area contributed by atoms with Crippen molar-refractivity contribution < 1.29 is 19.4 Å². The summed E-state index contributed by atoms with van der Waals surface area (Å²) in [4.78, 5) is 25.0. The highest BCUT2D eigenvalue weighted by molar-refractivity contribution is 5.85. The molecule has 0 bridgehead atoms. The van der Waals surface area contributed by atoms with Crippen LogP contribution < -0.4 is 5.32 Å². The van der Waals surface area contributed by atoms with Crippen molar-refractivity contribution in [3.05, 3.63) is 0 Å². The smallest absolute Gasteiger partial charge is 0.328 e. The molecule has 0 aromatic rings. The highest BCUT2D eigenvalue weighted by atomic mass is 16.5. The number of hydrogen-bond acceptors (Lipinski definition) is 4. The first kappa shape index (κ1) is 13.3. The van der Waals surface area contributed by atoms with Gasteiger partial charge in [0.05, 0.1) is 13.2 Å². The Hall–Kier alpha value is -1.14. The zero-order valence-electron chi connectivity index (χ0n) is 10.6. The van der Waals surface area contributed by atoms with Crippen LogP contribution in [0.5, 0.6) is 0 Å². The van der Waals surface area contributed by atoms with E-state index < -0.39 is 12.0 Å². The minimum absolute atomic E-state index is 0.0287. The van der Waals surface area contributed by atoms with E-state index in [4.69, 9.17) is 9.84 Å². The van der Waals surface area contributed by atoms with E-state index >= 15 is 0 Å². The Morgan fingerprint density at radius 1 is 1.44 bits per heavy atom. The molecule has 2 heterocycles. The number of hydrogen-bond donors (Lipinski definition) is 2. The Bertz CT molecular complexity index is 334. The Morgan fingerprint density at radius 3 is 2.89 bits per heavy atom. The molecule has 0 radical (unpaired) electrons. The molecule has 2 rings (SSSR count). The molecule has 2 aliphatic rings. The van der Waals surface area contributed by atoms with Gasteiger partial charge in [-0.3, -0.25) is 4.79 Å². The zero-order valence-corrected chi connectivity index (χ0v) is 10.6. The van der Waals surface area contributed by atoms with Crippen LogP contribution in [0.3, 0.4) is 0 Å². The number of nitrogens with one attached hydrogen (secondary N) is 1. The molecule has 3 atom stereocenters. The van der Waals surface area contributed by atoms with Gasteiger partial charge in [-0.15, -0.1) is 0 Å². The summed E-state index contributed by atoms with van der Waals surface area (Å²) < 4.78 is 5.15. The van der Waals surface area contributed by atoms with Gasteiger partial charge in [0.15, 0.2) is 6.04 Å². The second-order valence-electron chi connectivity index (χ2n) is 5.04. The molecule has 0 aromatic carbocycles. The molecule has 2 saturated heterocycles. The van der Waals surface area contributed by atoms with Gasteiger partial charge in [0.2, 0.25) is 5.91 Å². The van der Waals surface area contributed by atoms with E-state index in [1.807, 2.05) is 6.92 Å². The number of carbonyl (C=O) groups excluding carboxylic acids is 1. The monoisotopic (exact) mass is 256 g/mol. The maximum absolute atomic E-state index is 12.4. The molecule has 1 amide bonds. The van der Waals surface area contributed by atoms with E-state index in [2.05, 4.69) is 5.32 Å².